The Morgan fingerprint density at radius 1 is 1.03 bits per heavy atom. The van der Waals surface area contributed by atoms with Crippen LogP contribution >= 0.6 is 11.3 Å². The van der Waals surface area contributed by atoms with E-state index < -0.39 is 0 Å². The average molecular weight is 444 g/mol. The lowest BCUT2D eigenvalue weighted by Crippen LogP contribution is -2.39. The van der Waals surface area contributed by atoms with Gasteiger partial charge in [-0.3, -0.25) is 9.59 Å². The Labute approximate surface area is 192 Å². The van der Waals surface area contributed by atoms with Crippen molar-refractivity contribution in [2.75, 3.05) is 13.1 Å². The SMILES string of the molecule is O=C(CC1CCN(C(=O)c2ccc(C#Cc3ccccn3)cc2)CC1)NCc1cccs1. The summed E-state index contributed by atoms with van der Waals surface area (Å²) in [5.74, 6) is 6.55. The van der Waals surface area contributed by atoms with Gasteiger partial charge in [-0.25, -0.2) is 4.98 Å². The number of piperidine rings is 1. The van der Waals surface area contributed by atoms with E-state index in [-0.39, 0.29) is 11.8 Å². The molecular formula is C26H25N3O2S. The van der Waals surface area contributed by atoms with E-state index in [1.165, 1.54) is 0 Å². The average Bonchev–Trinajstić information content (AvgIpc) is 3.36. The number of amides is 2. The Morgan fingerprint density at radius 2 is 1.84 bits per heavy atom. The summed E-state index contributed by atoms with van der Waals surface area (Å²) < 4.78 is 0. The lowest BCUT2D eigenvalue weighted by atomic mass is 9.93. The summed E-state index contributed by atoms with van der Waals surface area (Å²) in [6.45, 7) is 1.96. The van der Waals surface area contributed by atoms with Gasteiger partial charge in [-0.15, -0.1) is 11.3 Å². The third-order valence-corrected chi connectivity index (χ3v) is 6.42. The van der Waals surface area contributed by atoms with E-state index in [1.807, 2.05) is 64.9 Å². The molecule has 32 heavy (non-hydrogen) atoms. The van der Waals surface area contributed by atoms with Crippen molar-refractivity contribution in [2.24, 2.45) is 5.92 Å². The monoisotopic (exact) mass is 443 g/mol. The highest BCUT2D eigenvalue weighted by molar-refractivity contribution is 7.09. The van der Waals surface area contributed by atoms with Gasteiger partial charge in [0.05, 0.1) is 6.54 Å². The number of aromatic nitrogens is 1. The molecule has 3 aromatic rings. The molecule has 1 fully saturated rings. The van der Waals surface area contributed by atoms with E-state index in [0.29, 0.717) is 37.5 Å². The highest BCUT2D eigenvalue weighted by atomic mass is 32.1. The number of hydrogen-bond acceptors (Lipinski definition) is 4. The maximum absolute atomic E-state index is 12.9. The van der Waals surface area contributed by atoms with Crippen LogP contribution in [-0.4, -0.2) is 34.8 Å². The van der Waals surface area contributed by atoms with Gasteiger partial charge in [0.1, 0.15) is 5.69 Å². The maximum atomic E-state index is 12.9. The fraction of sp³-hybridized carbons (Fsp3) is 0.269. The summed E-state index contributed by atoms with van der Waals surface area (Å²) in [5.41, 5.74) is 2.23. The van der Waals surface area contributed by atoms with Gasteiger partial charge in [0.15, 0.2) is 0 Å². The minimum atomic E-state index is 0.0369. The molecule has 5 nitrogen and oxygen atoms in total. The van der Waals surface area contributed by atoms with Crippen LogP contribution in [0.15, 0.2) is 66.2 Å². The molecule has 1 N–H and O–H groups in total. The number of likely N-dealkylation sites (tertiary alicyclic amines) is 1. The summed E-state index contributed by atoms with van der Waals surface area (Å²) in [4.78, 5) is 32.3. The van der Waals surface area contributed by atoms with Crippen LogP contribution in [0.25, 0.3) is 0 Å². The zero-order valence-electron chi connectivity index (χ0n) is 17.8. The first-order valence-electron chi connectivity index (χ1n) is 10.8. The van der Waals surface area contributed by atoms with Crippen molar-refractivity contribution in [3.63, 3.8) is 0 Å². The molecule has 0 radical (unpaired) electrons. The van der Waals surface area contributed by atoms with Gasteiger partial charge >= 0.3 is 0 Å². The van der Waals surface area contributed by atoms with Crippen molar-refractivity contribution in [1.29, 1.82) is 0 Å². The molecule has 4 rings (SSSR count). The Bertz CT molecular complexity index is 1090. The van der Waals surface area contributed by atoms with Gasteiger partial charge in [-0.2, -0.15) is 0 Å². The summed E-state index contributed by atoms with van der Waals surface area (Å²) in [5, 5.41) is 5.01. The third kappa shape index (κ3) is 6.05. The number of thiophene rings is 1. The van der Waals surface area contributed by atoms with Crippen LogP contribution in [0.5, 0.6) is 0 Å². The summed E-state index contributed by atoms with van der Waals surface area (Å²) in [7, 11) is 0. The molecule has 3 heterocycles. The molecule has 0 spiro atoms. The van der Waals surface area contributed by atoms with Crippen LogP contribution in [0.4, 0.5) is 0 Å². The van der Waals surface area contributed by atoms with Crippen molar-refractivity contribution < 1.29 is 9.59 Å². The zero-order chi connectivity index (χ0) is 22.2. The van der Waals surface area contributed by atoms with Gasteiger partial charge in [-0.1, -0.05) is 18.1 Å². The van der Waals surface area contributed by atoms with E-state index in [0.717, 1.165) is 29.0 Å². The van der Waals surface area contributed by atoms with Crippen molar-refractivity contribution >= 4 is 23.2 Å². The number of nitrogens with zero attached hydrogens (tertiary/aromatic N) is 2. The molecule has 1 saturated heterocycles. The lowest BCUT2D eigenvalue weighted by Gasteiger charge is -2.31. The predicted octanol–water partition coefficient (Wildman–Crippen LogP) is 4.10. The first-order chi connectivity index (χ1) is 15.7. The summed E-state index contributed by atoms with van der Waals surface area (Å²) >= 11 is 1.65. The Morgan fingerprint density at radius 3 is 2.53 bits per heavy atom. The molecule has 6 heteroatoms. The first-order valence-corrected chi connectivity index (χ1v) is 11.7. The predicted molar refractivity (Wildman–Crippen MR) is 126 cm³/mol. The molecule has 2 aromatic heterocycles. The van der Waals surface area contributed by atoms with E-state index >= 15 is 0 Å². The Balaban J connectivity index is 1.24. The Hall–Kier alpha value is -3.43. The molecule has 0 atom stereocenters. The number of carbonyl (C=O) groups is 2. The van der Waals surface area contributed by atoms with Gasteiger partial charge in [-0.05, 0) is 72.5 Å². The smallest absolute Gasteiger partial charge is 0.253 e. The number of carbonyl (C=O) groups excluding carboxylic acids is 2. The molecule has 2 amide bonds. The summed E-state index contributed by atoms with van der Waals surface area (Å²) in [6.07, 6.45) is 3.95. The van der Waals surface area contributed by atoms with Crippen molar-refractivity contribution in [2.45, 2.75) is 25.8 Å². The van der Waals surface area contributed by atoms with Gasteiger partial charge in [0.25, 0.3) is 5.91 Å². The highest BCUT2D eigenvalue weighted by Crippen LogP contribution is 2.22. The second kappa shape index (κ2) is 10.7. The molecular weight excluding hydrogens is 418 g/mol. The number of rotatable bonds is 5. The number of hydrogen-bond donors (Lipinski definition) is 1. The number of benzene rings is 1. The van der Waals surface area contributed by atoms with Crippen molar-refractivity contribution in [1.82, 2.24) is 15.2 Å². The topological polar surface area (TPSA) is 62.3 Å². The van der Waals surface area contributed by atoms with E-state index in [1.54, 1.807) is 17.5 Å². The lowest BCUT2D eigenvalue weighted by molar-refractivity contribution is -0.122. The van der Waals surface area contributed by atoms with Crippen molar-refractivity contribution in [3.8, 4) is 11.8 Å². The highest BCUT2D eigenvalue weighted by Gasteiger charge is 2.25. The zero-order valence-corrected chi connectivity index (χ0v) is 18.6. The largest absolute Gasteiger partial charge is 0.351 e. The van der Waals surface area contributed by atoms with Crippen LogP contribution in [0.1, 0.15) is 45.8 Å². The Kier molecular flexibility index (Phi) is 7.31. The second-order valence-electron chi connectivity index (χ2n) is 7.84. The van der Waals surface area contributed by atoms with Crippen LogP contribution in [-0.2, 0) is 11.3 Å². The summed E-state index contributed by atoms with van der Waals surface area (Å²) in [6, 6.07) is 17.0. The van der Waals surface area contributed by atoms with E-state index in [2.05, 4.69) is 22.1 Å². The molecule has 0 saturated carbocycles. The van der Waals surface area contributed by atoms with Gasteiger partial charge < -0.3 is 10.2 Å². The number of pyridine rings is 1. The fourth-order valence-corrected chi connectivity index (χ4v) is 4.37. The van der Waals surface area contributed by atoms with Crippen LogP contribution in [0.2, 0.25) is 0 Å². The molecule has 1 aromatic carbocycles. The van der Waals surface area contributed by atoms with Crippen LogP contribution < -0.4 is 5.32 Å². The first kappa shape index (κ1) is 21.8. The van der Waals surface area contributed by atoms with Gasteiger partial charge in [0.2, 0.25) is 5.91 Å². The van der Waals surface area contributed by atoms with Gasteiger partial charge in [0, 0.05) is 41.7 Å². The van der Waals surface area contributed by atoms with E-state index in [4.69, 9.17) is 0 Å². The maximum Gasteiger partial charge on any atom is 0.253 e. The standard InChI is InChI=1S/C26H25N3O2S/c30-25(28-19-24-5-3-17-32-24)18-21-12-15-29(16-13-21)26(31)22-9-6-20(7-10-22)8-11-23-4-1-2-14-27-23/h1-7,9-10,14,17,21H,12-13,15-16,18-19H2,(H,28,30). The molecule has 1 aliphatic rings. The molecule has 0 bridgehead atoms. The van der Waals surface area contributed by atoms with Crippen molar-refractivity contribution in [3.05, 3.63) is 87.9 Å². The normalized spacial score (nSPS) is 13.8. The molecule has 0 unspecified atom stereocenters. The molecule has 162 valence electrons. The minimum absolute atomic E-state index is 0.0369. The van der Waals surface area contributed by atoms with Crippen LogP contribution in [0.3, 0.4) is 0 Å². The van der Waals surface area contributed by atoms with Crippen LogP contribution in [0, 0.1) is 17.8 Å². The second-order valence-corrected chi connectivity index (χ2v) is 8.87. The molecule has 0 aliphatic carbocycles. The minimum Gasteiger partial charge on any atom is -0.351 e. The third-order valence-electron chi connectivity index (χ3n) is 5.55. The fourth-order valence-electron chi connectivity index (χ4n) is 3.73. The quantitative estimate of drug-likeness (QED) is 0.604. The molecule has 1 aliphatic heterocycles. The number of nitrogens with one attached hydrogen (secondary N) is 1. The van der Waals surface area contributed by atoms with E-state index in [9.17, 15) is 9.59 Å².